The second-order valence-corrected chi connectivity index (χ2v) is 4.33. The minimum absolute atomic E-state index is 0.153. The van der Waals surface area contributed by atoms with E-state index >= 15 is 0 Å². The van der Waals surface area contributed by atoms with Gasteiger partial charge in [0.05, 0.1) is 11.1 Å². The number of aliphatic hydroxyl groups excluding tert-OH is 1. The number of β-amino-alcohol motifs (C(OH)–C–C–N with tert-alkyl or cyclic N) is 1. The number of hydrogen-bond donors (Lipinski definition) is 1. The highest BCUT2D eigenvalue weighted by Crippen LogP contribution is 2.18. The number of benzene rings is 1. The van der Waals surface area contributed by atoms with Crippen LogP contribution in [0.25, 0.3) is 0 Å². The molecular formula is C11H13ClFNO. The summed E-state index contributed by atoms with van der Waals surface area (Å²) in [5.74, 6) is -0.381. The van der Waals surface area contributed by atoms with Gasteiger partial charge >= 0.3 is 0 Å². The van der Waals surface area contributed by atoms with Crippen LogP contribution in [0, 0.1) is 5.82 Å². The number of hydrogen-bond acceptors (Lipinski definition) is 2. The van der Waals surface area contributed by atoms with Crippen molar-refractivity contribution in [1.29, 1.82) is 0 Å². The van der Waals surface area contributed by atoms with Gasteiger partial charge in [0.1, 0.15) is 5.82 Å². The monoisotopic (exact) mass is 229 g/mol. The summed E-state index contributed by atoms with van der Waals surface area (Å²) in [6, 6.07) is 4.84. The molecule has 1 aromatic carbocycles. The van der Waals surface area contributed by atoms with Crippen LogP contribution < -0.4 is 0 Å². The predicted octanol–water partition coefficient (Wildman–Crippen LogP) is 2.05. The third kappa shape index (κ3) is 2.68. The van der Waals surface area contributed by atoms with Gasteiger partial charge in [-0.25, -0.2) is 4.39 Å². The first-order chi connectivity index (χ1) is 7.15. The van der Waals surface area contributed by atoms with Crippen molar-refractivity contribution in [2.45, 2.75) is 19.1 Å². The molecule has 0 amide bonds. The van der Waals surface area contributed by atoms with Crippen LogP contribution in [0.3, 0.4) is 0 Å². The molecule has 0 aliphatic carbocycles. The number of halogens is 2. The van der Waals surface area contributed by atoms with E-state index in [9.17, 15) is 9.50 Å². The normalized spacial score (nSPS) is 22.2. The van der Waals surface area contributed by atoms with Gasteiger partial charge in [-0.05, 0) is 24.1 Å². The molecule has 1 aromatic rings. The third-order valence-corrected chi connectivity index (χ3v) is 2.94. The molecule has 1 atom stereocenters. The molecule has 1 heterocycles. The molecule has 0 aromatic heterocycles. The van der Waals surface area contributed by atoms with Gasteiger partial charge < -0.3 is 5.11 Å². The molecule has 4 heteroatoms. The Labute approximate surface area is 93.3 Å². The van der Waals surface area contributed by atoms with Crippen molar-refractivity contribution in [2.75, 3.05) is 13.1 Å². The van der Waals surface area contributed by atoms with Gasteiger partial charge in [0.2, 0.25) is 0 Å². The summed E-state index contributed by atoms with van der Waals surface area (Å²) >= 11 is 5.59. The second-order valence-electron chi connectivity index (χ2n) is 3.93. The zero-order chi connectivity index (χ0) is 10.8. The summed E-state index contributed by atoms with van der Waals surface area (Å²) in [6.07, 6.45) is 0.568. The Morgan fingerprint density at radius 2 is 2.33 bits per heavy atom. The van der Waals surface area contributed by atoms with E-state index in [1.807, 2.05) is 6.07 Å². The van der Waals surface area contributed by atoms with E-state index in [4.69, 9.17) is 11.6 Å². The molecule has 0 bridgehead atoms. The quantitative estimate of drug-likeness (QED) is 0.839. The lowest BCUT2D eigenvalue weighted by Gasteiger charge is -2.14. The Morgan fingerprint density at radius 3 is 2.93 bits per heavy atom. The van der Waals surface area contributed by atoms with Gasteiger partial charge in [0, 0.05) is 19.6 Å². The summed E-state index contributed by atoms with van der Waals surface area (Å²) in [5, 5.41) is 9.49. The molecule has 1 aliphatic rings. The van der Waals surface area contributed by atoms with Crippen molar-refractivity contribution in [2.24, 2.45) is 0 Å². The summed E-state index contributed by atoms with van der Waals surface area (Å²) in [5.41, 5.74) is 0.894. The van der Waals surface area contributed by atoms with E-state index in [1.54, 1.807) is 6.07 Å². The topological polar surface area (TPSA) is 23.5 Å². The summed E-state index contributed by atoms with van der Waals surface area (Å²) in [7, 11) is 0. The standard InChI is InChI=1S/C11H13ClFNO/c12-10-2-1-8(5-11(10)13)6-14-4-3-9(15)7-14/h1-2,5,9,15H,3-4,6-7H2/t9-/m0/s1. The van der Waals surface area contributed by atoms with Crippen molar-refractivity contribution in [3.05, 3.63) is 34.6 Å². The maximum absolute atomic E-state index is 13.1. The number of nitrogens with zero attached hydrogens (tertiary/aromatic N) is 1. The van der Waals surface area contributed by atoms with Crippen molar-refractivity contribution in [1.82, 2.24) is 4.90 Å². The first-order valence-electron chi connectivity index (χ1n) is 4.99. The Bertz CT molecular complexity index is 358. The van der Waals surface area contributed by atoms with Crippen LogP contribution in [0.15, 0.2) is 18.2 Å². The van der Waals surface area contributed by atoms with Crippen LogP contribution in [-0.2, 0) is 6.54 Å². The van der Waals surface area contributed by atoms with Crippen LogP contribution >= 0.6 is 11.6 Å². The minimum Gasteiger partial charge on any atom is -0.392 e. The molecule has 82 valence electrons. The molecular weight excluding hydrogens is 217 g/mol. The minimum atomic E-state index is -0.381. The molecule has 2 rings (SSSR count). The second kappa shape index (κ2) is 4.47. The van der Waals surface area contributed by atoms with E-state index in [2.05, 4.69) is 4.90 Å². The first kappa shape index (κ1) is 10.9. The lowest BCUT2D eigenvalue weighted by Crippen LogP contribution is -2.21. The van der Waals surface area contributed by atoms with Gasteiger partial charge in [-0.3, -0.25) is 4.90 Å². The Balaban J connectivity index is 2.02. The average molecular weight is 230 g/mol. The van der Waals surface area contributed by atoms with Crippen LogP contribution in [0.2, 0.25) is 5.02 Å². The van der Waals surface area contributed by atoms with Gasteiger partial charge in [0.25, 0.3) is 0 Å². The molecule has 1 aliphatic heterocycles. The highest BCUT2D eigenvalue weighted by molar-refractivity contribution is 6.30. The summed E-state index contributed by atoms with van der Waals surface area (Å²) in [6.45, 7) is 2.21. The van der Waals surface area contributed by atoms with E-state index < -0.39 is 0 Å². The molecule has 0 unspecified atom stereocenters. The van der Waals surface area contributed by atoms with E-state index in [0.29, 0.717) is 13.1 Å². The summed E-state index contributed by atoms with van der Waals surface area (Å²) < 4.78 is 13.1. The fourth-order valence-electron chi connectivity index (χ4n) is 1.85. The van der Waals surface area contributed by atoms with E-state index in [0.717, 1.165) is 18.5 Å². The van der Waals surface area contributed by atoms with Crippen LogP contribution in [0.1, 0.15) is 12.0 Å². The maximum atomic E-state index is 13.1. The molecule has 1 N–H and O–H groups in total. The highest BCUT2D eigenvalue weighted by Gasteiger charge is 2.20. The predicted molar refractivity (Wildman–Crippen MR) is 57.3 cm³/mol. The summed E-state index contributed by atoms with van der Waals surface area (Å²) in [4.78, 5) is 2.10. The first-order valence-corrected chi connectivity index (χ1v) is 5.37. The van der Waals surface area contributed by atoms with E-state index in [1.165, 1.54) is 6.07 Å². The average Bonchev–Trinajstić information content (AvgIpc) is 2.58. The van der Waals surface area contributed by atoms with Gasteiger partial charge in [-0.1, -0.05) is 17.7 Å². The highest BCUT2D eigenvalue weighted by atomic mass is 35.5. The van der Waals surface area contributed by atoms with Crippen LogP contribution in [0.5, 0.6) is 0 Å². The Hall–Kier alpha value is -0.640. The van der Waals surface area contributed by atoms with Crippen molar-refractivity contribution in [3.63, 3.8) is 0 Å². The number of aliphatic hydroxyl groups is 1. The Morgan fingerprint density at radius 1 is 1.53 bits per heavy atom. The van der Waals surface area contributed by atoms with Gasteiger partial charge in [0.15, 0.2) is 0 Å². The number of likely N-dealkylation sites (tertiary alicyclic amines) is 1. The van der Waals surface area contributed by atoms with Crippen molar-refractivity contribution in [3.8, 4) is 0 Å². The molecule has 0 spiro atoms. The largest absolute Gasteiger partial charge is 0.392 e. The SMILES string of the molecule is O[C@H]1CCN(Cc2ccc(Cl)c(F)c2)C1. The third-order valence-electron chi connectivity index (χ3n) is 2.64. The molecule has 2 nitrogen and oxygen atoms in total. The molecule has 1 fully saturated rings. The van der Waals surface area contributed by atoms with Gasteiger partial charge in [-0.15, -0.1) is 0 Å². The van der Waals surface area contributed by atoms with Crippen molar-refractivity contribution >= 4 is 11.6 Å². The maximum Gasteiger partial charge on any atom is 0.142 e. The smallest absolute Gasteiger partial charge is 0.142 e. The molecule has 0 saturated carbocycles. The van der Waals surface area contributed by atoms with Crippen LogP contribution in [0.4, 0.5) is 4.39 Å². The van der Waals surface area contributed by atoms with Crippen molar-refractivity contribution < 1.29 is 9.50 Å². The fraction of sp³-hybridized carbons (Fsp3) is 0.455. The molecule has 0 radical (unpaired) electrons. The zero-order valence-electron chi connectivity index (χ0n) is 8.29. The lowest BCUT2D eigenvalue weighted by atomic mass is 10.2. The molecule has 15 heavy (non-hydrogen) atoms. The number of rotatable bonds is 2. The van der Waals surface area contributed by atoms with Gasteiger partial charge in [-0.2, -0.15) is 0 Å². The van der Waals surface area contributed by atoms with E-state index in [-0.39, 0.29) is 16.9 Å². The Kier molecular flexibility index (Phi) is 3.24. The van der Waals surface area contributed by atoms with Crippen LogP contribution in [-0.4, -0.2) is 29.2 Å². The molecule has 1 saturated heterocycles. The fourth-order valence-corrected chi connectivity index (χ4v) is 1.97. The zero-order valence-corrected chi connectivity index (χ0v) is 9.04. The lowest BCUT2D eigenvalue weighted by molar-refractivity contribution is 0.175.